The molecular weight excluding hydrogens is 280 g/mol. The van der Waals surface area contributed by atoms with Crippen molar-refractivity contribution in [2.45, 2.75) is 19.6 Å². The molecule has 1 aromatic heterocycles. The Labute approximate surface area is 122 Å². The highest BCUT2D eigenvalue weighted by atomic mass is 35.5. The lowest BCUT2D eigenvalue weighted by Crippen LogP contribution is -2.06. The van der Waals surface area contributed by atoms with Gasteiger partial charge in [-0.25, -0.2) is 4.98 Å². The lowest BCUT2D eigenvalue weighted by atomic mass is 10.1. The molecule has 0 unspecified atom stereocenters. The monoisotopic (exact) mass is 296 g/mol. The molecule has 1 atom stereocenters. The van der Waals surface area contributed by atoms with Gasteiger partial charge in [0.2, 0.25) is 0 Å². The molecule has 2 aromatic rings. The van der Waals surface area contributed by atoms with Crippen LogP contribution >= 0.6 is 11.6 Å². The number of ether oxygens (including phenoxy) is 2. The van der Waals surface area contributed by atoms with Gasteiger partial charge >= 0.3 is 0 Å². The van der Waals surface area contributed by atoms with Crippen molar-refractivity contribution >= 4 is 11.6 Å². The number of aliphatic hydroxyl groups excluding tert-OH is 1. The Morgan fingerprint density at radius 1 is 1.45 bits per heavy atom. The fourth-order valence-electron chi connectivity index (χ4n) is 1.81. The van der Waals surface area contributed by atoms with E-state index in [9.17, 15) is 5.11 Å². The van der Waals surface area contributed by atoms with Crippen molar-refractivity contribution < 1.29 is 14.6 Å². The number of aliphatic hydroxyl groups is 1. The number of methoxy groups -OCH3 is 1. The van der Waals surface area contributed by atoms with E-state index >= 15 is 0 Å². The molecule has 0 aliphatic carbocycles. The Balaban J connectivity index is 2.21. The molecule has 0 saturated heterocycles. The van der Waals surface area contributed by atoms with E-state index in [0.717, 1.165) is 0 Å². The van der Waals surface area contributed by atoms with Crippen LogP contribution in [0.1, 0.15) is 24.4 Å². The predicted octanol–water partition coefficient (Wildman–Crippen LogP) is 2.71. The zero-order chi connectivity index (χ0) is 14.7. The van der Waals surface area contributed by atoms with Gasteiger partial charge in [0.15, 0.2) is 0 Å². The number of aromatic nitrogens is 2. The summed E-state index contributed by atoms with van der Waals surface area (Å²) in [5.74, 6) is 1.94. The molecule has 0 bridgehead atoms. The van der Waals surface area contributed by atoms with Crippen molar-refractivity contribution in [2.75, 3.05) is 7.11 Å². The second-order valence-electron chi connectivity index (χ2n) is 4.42. The van der Waals surface area contributed by atoms with Crippen molar-refractivity contribution in [1.29, 1.82) is 0 Å². The molecule has 1 aromatic carbocycles. The lowest BCUT2D eigenvalue weighted by Gasteiger charge is -2.14. The number of nitrogens with zero attached hydrogens (tertiary/aromatic N) is 2. The van der Waals surface area contributed by atoms with Crippen LogP contribution in [0.3, 0.4) is 0 Å². The molecule has 0 radical (unpaired) electrons. The zero-order valence-corrected chi connectivity index (χ0v) is 12.4. The Hall–Kier alpha value is -1.72. The largest absolute Gasteiger partial charge is 0.497 e. The van der Waals surface area contributed by atoms with Crippen LogP contribution in [0.15, 0.2) is 24.4 Å². The van der Waals surface area contributed by atoms with Gasteiger partial charge in [0.1, 0.15) is 29.1 Å². The summed E-state index contributed by atoms with van der Waals surface area (Å²) in [7, 11) is 3.40. The van der Waals surface area contributed by atoms with E-state index in [0.29, 0.717) is 28.0 Å². The second kappa shape index (κ2) is 6.15. The lowest BCUT2D eigenvalue weighted by molar-refractivity contribution is 0.189. The van der Waals surface area contributed by atoms with Crippen molar-refractivity contribution in [2.24, 2.45) is 7.05 Å². The Kier molecular flexibility index (Phi) is 4.52. The van der Waals surface area contributed by atoms with Gasteiger partial charge in [0.25, 0.3) is 0 Å². The minimum Gasteiger partial charge on any atom is -0.497 e. The van der Waals surface area contributed by atoms with Gasteiger partial charge in [-0.3, -0.25) is 0 Å². The third-order valence-electron chi connectivity index (χ3n) is 3.06. The molecule has 1 N–H and O–H groups in total. The molecule has 20 heavy (non-hydrogen) atoms. The maximum absolute atomic E-state index is 9.76. The molecule has 0 saturated carbocycles. The highest BCUT2D eigenvalue weighted by Gasteiger charge is 2.12. The number of rotatable bonds is 5. The molecule has 0 fully saturated rings. The average Bonchev–Trinajstić information content (AvgIpc) is 2.76. The topological polar surface area (TPSA) is 56.5 Å². The summed E-state index contributed by atoms with van der Waals surface area (Å²) in [6.07, 6.45) is 0.947. The molecular formula is C14H17ClN2O3. The molecule has 0 spiro atoms. The van der Waals surface area contributed by atoms with Crippen LogP contribution in [0.25, 0.3) is 0 Å². The maximum Gasteiger partial charge on any atom is 0.147 e. The number of imidazole rings is 1. The summed E-state index contributed by atoms with van der Waals surface area (Å²) in [6.45, 7) is 1.95. The second-order valence-corrected chi connectivity index (χ2v) is 4.81. The van der Waals surface area contributed by atoms with Crippen LogP contribution in [-0.2, 0) is 13.7 Å². The Morgan fingerprint density at radius 2 is 2.20 bits per heavy atom. The Bertz CT molecular complexity index is 596. The summed E-state index contributed by atoms with van der Waals surface area (Å²) in [4.78, 5) is 4.16. The van der Waals surface area contributed by atoms with Crippen molar-refractivity contribution in [3.05, 3.63) is 40.9 Å². The van der Waals surface area contributed by atoms with Gasteiger partial charge in [0.05, 0.1) is 19.4 Å². The predicted molar refractivity (Wildman–Crippen MR) is 76.2 cm³/mol. The minimum absolute atomic E-state index is 0.260. The normalized spacial score (nSPS) is 12.2. The number of hydrogen-bond acceptors (Lipinski definition) is 4. The molecule has 1 heterocycles. The van der Waals surface area contributed by atoms with E-state index in [-0.39, 0.29) is 6.61 Å². The molecule has 2 rings (SSSR count). The quantitative estimate of drug-likeness (QED) is 0.922. The van der Waals surface area contributed by atoms with E-state index in [1.54, 1.807) is 43.0 Å². The maximum atomic E-state index is 9.76. The third-order valence-corrected chi connectivity index (χ3v) is 3.41. The molecule has 108 valence electrons. The van der Waals surface area contributed by atoms with Crippen molar-refractivity contribution in [3.8, 4) is 11.5 Å². The van der Waals surface area contributed by atoms with Crippen LogP contribution in [0.5, 0.6) is 11.5 Å². The van der Waals surface area contributed by atoms with Gasteiger partial charge in [-0.15, -0.1) is 0 Å². The first-order valence-corrected chi connectivity index (χ1v) is 6.55. The van der Waals surface area contributed by atoms with Crippen LogP contribution in [-0.4, -0.2) is 21.8 Å². The summed E-state index contributed by atoms with van der Waals surface area (Å²) in [5.41, 5.74) is 0.700. The third kappa shape index (κ3) is 3.05. The van der Waals surface area contributed by atoms with Gasteiger partial charge in [-0.05, 0) is 19.1 Å². The standard InChI is InChI=1S/C14H17ClN2O3/c1-9(18)11-5-4-10(19-3)6-12(11)20-8-14-16-7-13(15)17(14)2/h4-7,9,18H,8H2,1-3H3/t9-/m1/s1. The van der Waals surface area contributed by atoms with E-state index in [2.05, 4.69) is 4.98 Å². The molecule has 0 aliphatic rings. The van der Waals surface area contributed by atoms with Gasteiger partial charge < -0.3 is 19.1 Å². The summed E-state index contributed by atoms with van der Waals surface area (Å²) >= 11 is 5.93. The van der Waals surface area contributed by atoms with Crippen molar-refractivity contribution in [3.63, 3.8) is 0 Å². The van der Waals surface area contributed by atoms with E-state index < -0.39 is 6.10 Å². The zero-order valence-electron chi connectivity index (χ0n) is 11.6. The van der Waals surface area contributed by atoms with Crippen LogP contribution in [0, 0.1) is 0 Å². The van der Waals surface area contributed by atoms with Crippen LogP contribution in [0.4, 0.5) is 0 Å². The summed E-state index contributed by atoms with van der Waals surface area (Å²) < 4.78 is 12.6. The fraction of sp³-hybridized carbons (Fsp3) is 0.357. The van der Waals surface area contributed by atoms with Crippen molar-refractivity contribution in [1.82, 2.24) is 9.55 Å². The number of benzene rings is 1. The fourth-order valence-corrected chi connectivity index (χ4v) is 1.96. The number of halogens is 1. The SMILES string of the molecule is COc1ccc([C@@H](C)O)c(OCc2ncc(Cl)n2C)c1. The van der Waals surface area contributed by atoms with Gasteiger partial charge in [-0.2, -0.15) is 0 Å². The van der Waals surface area contributed by atoms with E-state index in [1.165, 1.54) is 0 Å². The van der Waals surface area contributed by atoms with E-state index in [4.69, 9.17) is 21.1 Å². The van der Waals surface area contributed by atoms with Gasteiger partial charge in [-0.1, -0.05) is 11.6 Å². The first kappa shape index (κ1) is 14.7. The minimum atomic E-state index is -0.624. The van der Waals surface area contributed by atoms with E-state index in [1.807, 2.05) is 7.05 Å². The summed E-state index contributed by atoms with van der Waals surface area (Å²) in [5, 5.41) is 10.3. The molecule has 5 nitrogen and oxygen atoms in total. The molecule has 6 heteroatoms. The first-order valence-electron chi connectivity index (χ1n) is 6.17. The highest BCUT2D eigenvalue weighted by Crippen LogP contribution is 2.30. The van der Waals surface area contributed by atoms with Crippen LogP contribution < -0.4 is 9.47 Å². The number of hydrogen-bond donors (Lipinski definition) is 1. The van der Waals surface area contributed by atoms with Gasteiger partial charge in [0, 0.05) is 18.7 Å². The first-order chi connectivity index (χ1) is 9.52. The highest BCUT2D eigenvalue weighted by molar-refractivity contribution is 6.29. The Morgan fingerprint density at radius 3 is 2.75 bits per heavy atom. The molecule has 0 aliphatic heterocycles. The summed E-state index contributed by atoms with van der Waals surface area (Å²) in [6, 6.07) is 5.31. The van der Waals surface area contributed by atoms with Crippen LogP contribution in [0.2, 0.25) is 5.15 Å². The average molecular weight is 297 g/mol. The molecule has 0 amide bonds. The smallest absolute Gasteiger partial charge is 0.147 e.